The fraction of sp³-hybridized carbons (Fsp3) is 0.400. The minimum atomic E-state index is -0.426. The summed E-state index contributed by atoms with van der Waals surface area (Å²) in [4.78, 5) is 51.2. The summed E-state index contributed by atoms with van der Waals surface area (Å²) in [7, 11) is 2.94. The maximum Gasteiger partial charge on any atom is 0.330 e. The van der Waals surface area contributed by atoms with Crippen molar-refractivity contribution in [2.24, 2.45) is 0 Å². The smallest absolute Gasteiger partial charge is 0.330 e. The van der Waals surface area contributed by atoms with Crippen LogP contribution in [0, 0.1) is 0 Å². The Balaban J connectivity index is 0.00000520. The third-order valence-electron chi connectivity index (χ3n) is 8.43. The molecule has 2 unspecified atom stereocenters. The number of fused-ring (bicyclic) bond motifs is 1. The number of hydrogen-bond donors (Lipinski definition) is 2. The van der Waals surface area contributed by atoms with Crippen molar-refractivity contribution in [3.8, 4) is 11.5 Å². The second-order valence-electron chi connectivity index (χ2n) is 11.5. The molecule has 2 aromatic carbocycles. The Morgan fingerprint density at radius 3 is 2.38 bits per heavy atom. The van der Waals surface area contributed by atoms with Crippen LogP contribution in [0.25, 0.3) is 0 Å². The van der Waals surface area contributed by atoms with E-state index in [2.05, 4.69) is 22.2 Å². The molecule has 2 heterocycles. The number of hydrogen-bond acceptors (Lipinski definition) is 8. The van der Waals surface area contributed by atoms with Gasteiger partial charge in [0, 0.05) is 42.8 Å². The first-order chi connectivity index (χ1) is 22.7. The van der Waals surface area contributed by atoms with Gasteiger partial charge in [-0.15, -0.1) is 0 Å². The highest BCUT2D eigenvalue weighted by molar-refractivity contribution is 6.42. The molecule has 48 heavy (non-hydrogen) atoms. The van der Waals surface area contributed by atoms with Crippen LogP contribution in [-0.2, 0) is 29.1 Å². The fourth-order valence-electron chi connectivity index (χ4n) is 5.97. The normalized spacial score (nSPS) is 17.1. The van der Waals surface area contributed by atoms with Gasteiger partial charge in [-0.25, -0.2) is 9.78 Å². The van der Waals surface area contributed by atoms with Gasteiger partial charge in [0.25, 0.3) is 0 Å². The van der Waals surface area contributed by atoms with E-state index in [1.54, 1.807) is 17.2 Å². The molecule has 1 aromatic heterocycles. The van der Waals surface area contributed by atoms with Crippen LogP contribution >= 0.6 is 23.2 Å². The molecular formula is C35H42Cl2N6O5. The zero-order chi connectivity index (χ0) is 33.7. The van der Waals surface area contributed by atoms with Gasteiger partial charge in [0.15, 0.2) is 0 Å². The third-order valence-corrected chi connectivity index (χ3v) is 9.16. The van der Waals surface area contributed by atoms with Gasteiger partial charge >= 0.3 is 6.03 Å². The van der Waals surface area contributed by atoms with Gasteiger partial charge in [-0.2, -0.15) is 4.98 Å². The molecule has 0 saturated heterocycles. The highest BCUT2D eigenvalue weighted by Crippen LogP contribution is 2.48. The quantitative estimate of drug-likeness (QED) is 0.192. The molecule has 3 aromatic rings. The molecule has 2 N–H and O–H groups in total. The molecule has 0 bridgehead atoms. The highest BCUT2D eigenvalue weighted by atomic mass is 35.5. The molecule has 13 heteroatoms. The summed E-state index contributed by atoms with van der Waals surface area (Å²) in [5.74, 6) is 1.23. The summed E-state index contributed by atoms with van der Waals surface area (Å²) >= 11 is 13.5. The maximum atomic E-state index is 14.5. The summed E-state index contributed by atoms with van der Waals surface area (Å²) in [6.07, 6.45) is 7.29. The number of Topliss-reactive ketones (excluding diaryl/α,β-unsaturated/α-hetero) is 1. The summed E-state index contributed by atoms with van der Waals surface area (Å²) in [5, 5.41) is 6.72. The number of carbonyl (C=O) groups excluding carboxylic acids is 3. The van der Waals surface area contributed by atoms with E-state index >= 15 is 0 Å². The first kappa shape index (κ1) is 36.5. The number of amides is 3. The van der Waals surface area contributed by atoms with Gasteiger partial charge in [0.2, 0.25) is 11.9 Å². The lowest BCUT2D eigenvalue weighted by molar-refractivity contribution is -0.118. The van der Waals surface area contributed by atoms with Crippen LogP contribution in [0.4, 0.5) is 22.2 Å². The SMILES string of the molecule is C.C=CC(=O)NC1CCCCC1Nc1ncc2c(n1)N(Cc1cccc(CC(=O)CC)c1)C(=O)N(c1c(Cl)c(OC)cc(OC)c1Cl)C2. The van der Waals surface area contributed by atoms with E-state index in [9.17, 15) is 14.4 Å². The number of ketones is 1. The van der Waals surface area contributed by atoms with E-state index in [1.165, 1.54) is 25.2 Å². The second kappa shape index (κ2) is 16.2. The fourth-order valence-corrected chi connectivity index (χ4v) is 6.68. The van der Waals surface area contributed by atoms with Gasteiger partial charge in [-0.05, 0) is 30.0 Å². The van der Waals surface area contributed by atoms with Crippen molar-refractivity contribution >= 4 is 58.4 Å². The van der Waals surface area contributed by atoms with Crippen LogP contribution in [0.15, 0.2) is 49.2 Å². The van der Waals surface area contributed by atoms with Crippen molar-refractivity contribution in [1.82, 2.24) is 15.3 Å². The Labute approximate surface area is 291 Å². The van der Waals surface area contributed by atoms with Gasteiger partial charge in [-0.3, -0.25) is 19.4 Å². The molecule has 0 spiro atoms. The van der Waals surface area contributed by atoms with Crippen LogP contribution in [0.3, 0.4) is 0 Å². The largest absolute Gasteiger partial charge is 0.495 e. The molecule has 256 valence electrons. The van der Waals surface area contributed by atoms with Crippen LogP contribution in [-0.4, -0.2) is 54.0 Å². The van der Waals surface area contributed by atoms with Crippen LogP contribution in [0.1, 0.15) is 63.1 Å². The summed E-state index contributed by atoms with van der Waals surface area (Å²) < 4.78 is 10.9. The van der Waals surface area contributed by atoms with E-state index in [1.807, 2.05) is 31.2 Å². The van der Waals surface area contributed by atoms with Gasteiger partial charge in [-0.1, -0.05) is 81.2 Å². The van der Waals surface area contributed by atoms with Crippen molar-refractivity contribution in [3.05, 3.63) is 75.9 Å². The van der Waals surface area contributed by atoms with E-state index in [0.29, 0.717) is 41.7 Å². The average molecular weight is 698 g/mol. The summed E-state index contributed by atoms with van der Waals surface area (Å²) in [5.41, 5.74) is 2.55. The number of urea groups is 1. The zero-order valence-electron chi connectivity index (χ0n) is 26.6. The Hall–Kier alpha value is -4.35. The molecule has 2 aliphatic rings. The average Bonchev–Trinajstić information content (AvgIpc) is 3.07. The number of halogens is 2. The number of nitrogens with one attached hydrogen (secondary N) is 2. The second-order valence-corrected chi connectivity index (χ2v) is 12.3. The van der Waals surface area contributed by atoms with Crippen LogP contribution in [0.5, 0.6) is 11.5 Å². The minimum absolute atomic E-state index is 0. The third kappa shape index (κ3) is 7.85. The van der Waals surface area contributed by atoms with Crippen molar-refractivity contribution < 1.29 is 23.9 Å². The van der Waals surface area contributed by atoms with Gasteiger partial charge < -0.3 is 20.1 Å². The van der Waals surface area contributed by atoms with Crippen LogP contribution < -0.4 is 29.9 Å². The number of nitrogens with zero attached hydrogens (tertiary/aromatic N) is 4. The Kier molecular flexibility index (Phi) is 12.3. The number of benzene rings is 2. The molecule has 0 radical (unpaired) electrons. The molecule has 3 amide bonds. The lowest BCUT2D eigenvalue weighted by Crippen LogP contribution is -2.49. The molecule has 5 rings (SSSR count). The van der Waals surface area contributed by atoms with Crippen LogP contribution in [0.2, 0.25) is 10.0 Å². The first-order valence-electron chi connectivity index (χ1n) is 15.5. The number of methoxy groups -OCH3 is 2. The van der Waals surface area contributed by atoms with E-state index < -0.39 is 6.03 Å². The number of rotatable bonds is 12. The van der Waals surface area contributed by atoms with Crippen molar-refractivity contribution in [1.29, 1.82) is 0 Å². The molecule has 1 fully saturated rings. The number of carbonyl (C=O) groups is 3. The maximum absolute atomic E-state index is 14.5. The van der Waals surface area contributed by atoms with Crippen molar-refractivity contribution in [2.45, 2.75) is 78.0 Å². The zero-order valence-corrected chi connectivity index (χ0v) is 28.2. The molecule has 1 aliphatic heterocycles. The predicted octanol–water partition coefficient (Wildman–Crippen LogP) is 7.13. The lowest BCUT2D eigenvalue weighted by atomic mass is 9.90. The predicted molar refractivity (Wildman–Crippen MR) is 190 cm³/mol. The topological polar surface area (TPSA) is 126 Å². The molecule has 2 atom stereocenters. The Morgan fingerprint density at radius 1 is 1.06 bits per heavy atom. The Morgan fingerprint density at radius 2 is 1.73 bits per heavy atom. The standard InChI is InChI=1S/C34H38Cl2N6O5.CH4/c1-5-23(43)15-20-10-9-11-21(14-20)18-42-32-22(17-37-33(40-32)39-25-13-8-7-12-24(25)38-28(44)6-2)19-41(34(42)45)31-29(35)26(46-3)16-27(47-4)30(31)36;/h6,9-11,14,16-17,24-25H,2,5,7-8,12-13,15,18-19H2,1,3-4H3,(H,38,44)(H,37,39,40);1H4. The van der Waals surface area contributed by atoms with E-state index in [-0.39, 0.29) is 60.0 Å². The van der Waals surface area contributed by atoms with Crippen molar-refractivity contribution in [3.63, 3.8) is 0 Å². The number of anilines is 3. The number of aromatic nitrogens is 2. The summed E-state index contributed by atoms with van der Waals surface area (Å²) in [6.45, 7) is 5.62. The molecular weight excluding hydrogens is 655 g/mol. The monoisotopic (exact) mass is 696 g/mol. The molecule has 1 aliphatic carbocycles. The minimum Gasteiger partial charge on any atom is -0.495 e. The molecule has 11 nitrogen and oxygen atoms in total. The Bertz CT molecular complexity index is 1660. The number of ether oxygens (including phenoxy) is 2. The molecule has 1 saturated carbocycles. The first-order valence-corrected chi connectivity index (χ1v) is 16.3. The highest BCUT2D eigenvalue weighted by Gasteiger charge is 2.37. The summed E-state index contributed by atoms with van der Waals surface area (Å²) in [6, 6.07) is 8.49. The van der Waals surface area contributed by atoms with E-state index in [4.69, 9.17) is 37.7 Å². The van der Waals surface area contributed by atoms with Gasteiger partial charge in [0.1, 0.15) is 33.1 Å². The van der Waals surface area contributed by atoms with E-state index in [0.717, 1.165) is 36.8 Å². The lowest BCUT2D eigenvalue weighted by Gasteiger charge is -2.37. The van der Waals surface area contributed by atoms with Crippen molar-refractivity contribution in [2.75, 3.05) is 29.3 Å². The van der Waals surface area contributed by atoms with Gasteiger partial charge in [0.05, 0.1) is 33.0 Å².